The third-order valence-corrected chi connectivity index (χ3v) is 2.92. The summed E-state index contributed by atoms with van der Waals surface area (Å²) in [4.78, 5) is 18.0. The number of amides is 1. The van der Waals surface area contributed by atoms with Gasteiger partial charge in [-0.15, -0.1) is 0 Å². The monoisotopic (exact) mass is 271 g/mol. The molecule has 0 aliphatic heterocycles. The Morgan fingerprint density at radius 2 is 2.00 bits per heavy atom. The van der Waals surface area contributed by atoms with E-state index in [1.54, 1.807) is 54.7 Å². The summed E-state index contributed by atoms with van der Waals surface area (Å²) in [5, 5.41) is 0. The number of ether oxygens (including phenoxy) is 1. The van der Waals surface area contributed by atoms with Gasteiger partial charge in [0.2, 0.25) is 0 Å². The molecule has 1 heterocycles. The van der Waals surface area contributed by atoms with E-state index in [4.69, 9.17) is 10.5 Å². The first-order chi connectivity index (χ1) is 9.65. The maximum absolute atomic E-state index is 12.6. The molecule has 0 unspecified atom stereocenters. The number of carbonyl (C=O) groups is 1. The first-order valence-electron chi connectivity index (χ1n) is 6.34. The summed E-state index contributed by atoms with van der Waals surface area (Å²) in [5.41, 5.74) is 7.55. The summed E-state index contributed by atoms with van der Waals surface area (Å²) in [6, 6.07) is 8.70. The van der Waals surface area contributed by atoms with Crippen LogP contribution in [0.5, 0.6) is 5.75 Å². The molecule has 0 aliphatic rings. The van der Waals surface area contributed by atoms with Crippen LogP contribution in [0, 0.1) is 0 Å². The second-order valence-electron chi connectivity index (χ2n) is 4.23. The second kappa shape index (κ2) is 6.06. The van der Waals surface area contributed by atoms with Crippen molar-refractivity contribution in [3.8, 4) is 5.75 Å². The Morgan fingerprint density at radius 1 is 1.30 bits per heavy atom. The largest absolute Gasteiger partial charge is 0.491 e. The molecule has 2 rings (SSSR count). The van der Waals surface area contributed by atoms with Gasteiger partial charge in [-0.25, -0.2) is 0 Å². The molecule has 1 aromatic heterocycles. The number of anilines is 2. The van der Waals surface area contributed by atoms with E-state index < -0.39 is 0 Å². The van der Waals surface area contributed by atoms with Gasteiger partial charge in [0.05, 0.1) is 17.9 Å². The lowest BCUT2D eigenvalue weighted by Gasteiger charge is -2.19. The number of nitrogens with zero attached hydrogens (tertiary/aromatic N) is 2. The molecule has 0 saturated carbocycles. The smallest absolute Gasteiger partial charge is 0.261 e. The molecule has 0 spiro atoms. The molecule has 0 aliphatic carbocycles. The predicted molar refractivity (Wildman–Crippen MR) is 79.0 cm³/mol. The summed E-state index contributed by atoms with van der Waals surface area (Å²) in [5.74, 6) is 0.257. The Morgan fingerprint density at radius 3 is 2.65 bits per heavy atom. The number of benzene rings is 1. The molecule has 5 nitrogen and oxygen atoms in total. The van der Waals surface area contributed by atoms with E-state index in [0.29, 0.717) is 23.6 Å². The SMILES string of the molecule is CCOc1c(N)cccc1C(=O)N(C)c1ccncc1. The fourth-order valence-corrected chi connectivity index (χ4v) is 1.89. The van der Waals surface area contributed by atoms with Gasteiger partial charge in [-0.2, -0.15) is 0 Å². The highest BCUT2D eigenvalue weighted by atomic mass is 16.5. The van der Waals surface area contributed by atoms with E-state index in [1.165, 1.54) is 0 Å². The van der Waals surface area contributed by atoms with Crippen LogP contribution in [0.3, 0.4) is 0 Å². The number of hydrogen-bond donors (Lipinski definition) is 1. The lowest BCUT2D eigenvalue weighted by atomic mass is 10.1. The quantitative estimate of drug-likeness (QED) is 0.867. The molecule has 20 heavy (non-hydrogen) atoms. The number of aromatic nitrogens is 1. The third-order valence-electron chi connectivity index (χ3n) is 2.92. The highest BCUT2D eigenvalue weighted by molar-refractivity contribution is 6.08. The molecule has 1 amide bonds. The Kier molecular flexibility index (Phi) is 4.20. The first kappa shape index (κ1) is 13.9. The van der Waals surface area contributed by atoms with E-state index in [-0.39, 0.29) is 5.91 Å². The minimum atomic E-state index is -0.174. The third kappa shape index (κ3) is 2.71. The minimum absolute atomic E-state index is 0.174. The molecular weight excluding hydrogens is 254 g/mol. The summed E-state index contributed by atoms with van der Waals surface area (Å²) in [6.07, 6.45) is 3.28. The zero-order valence-corrected chi connectivity index (χ0v) is 11.5. The number of nitrogens with two attached hydrogens (primary N) is 1. The van der Waals surface area contributed by atoms with Gasteiger partial charge in [-0.1, -0.05) is 6.07 Å². The zero-order valence-electron chi connectivity index (χ0n) is 11.5. The number of hydrogen-bond acceptors (Lipinski definition) is 4. The van der Waals surface area contributed by atoms with E-state index in [0.717, 1.165) is 5.69 Å². The first-order valence-corrected chi connectivity index (χ1v) is 6.34. The Hall–Kier alpha value is -2.56. The van der Waals surface area contributed by atoms with Crippen LogP contribution >= 0.6 is 0 Å². The normalized spacial score (nSPS) is 10.1. The van der Waals surface area contributed by atoms with E-state index in [9.17, 15) is 4.79 Å². The van der Waals surface area contributed by atoms with Crippen LogP contribution in [0.25, 0.3) is 0 Å². The average Bonchev–Trinajstić information content (AvgIpc) is 2.49. The molecule has 0 saturated heterocycles. The molecule has 2 N–H and O–H groups in total. The van der Waals surface area contributed by atoms with Crippen molar-refractivity contribution in [1.82, 2.24) is 4.98 Å². The lowest BCUT2D eigenvalue weighted by molar-refractivity contribution is 0.0989. The minimum Gasteiger partial charge on any atom is -0.491 e. The molecule has 0 radical (unpaired) electrons. The number of para-hydroxylation sites is 1. The van der Waals surface area contributed by atoms with Crippen molar-refractivity contribution in [2.45, 2.75) is 6.92 Å². The average molecular weight is 271 g/mol. The van der Waals surface area contributed by atoms with Crippen molar-refractivity contribution < 1.29 is 9.53 Å². The van der Waals surface area contributed by atoms with Crippen LogP contribution in [-0.4, -0.2) is 24.5 Å². The molecule has 2 aromatic rings. The van der Waals surface area contributed by atoms with Gasteiger partial charge in [-0.05, 0) is 31.2 Å². The van der Waals surface area contributed by atoms with Gasteiger partial charge < -0.3 is 15.4 Å². The highest BCUT2D eigenvalue weighted by Crippen LogP contribution is 2.28. The van der Waals surface area contributed by atoms with Gasteiger partial charge >= 0.3 is 0 Å². The molecular formula is C15H17N3O2. The summed E-state index contributed by atoms with van der Waals surface area (Å²) < 4.78 is 5.49. The maximum Gasteiger partial charge on any atom is 0.261 e. The number of nitrogen functional groups attached to an aromatic ring is 1. The van der Waals surface area contributed by atoms with E-state index in [2.05, 4.69) is 4.98 Å². The van der Waals surface area contributed by atoms with Gasteiger partial charge in [0.25, 0.3) is 5.91 Å². The second-order valence-corrected chi connectivity index (χ2v) is 4.23. The number of rotatable bonds is 4. The van der Waals surface area contributed by atoms with Crippen LogP contribution in [-0.2, 0) is 0 Å². The number of carbonyl (C=O) groups excluding carboxylic acids is 1. The van der Waals surface area contributed by atoms with Crippen molar-refractivity contribution in [2.75, 3.05) is 24.3 Å². The lowest BCUT2D eigenvalue weighted by Crippen LogP contribution is -2.27. The topological polar surface area (TPSA) is 68.5 Å². The predicted octanol–water partition coefficient (Wildman–Crippen LogP) is 2.34. The maximum atomic E-state index is 12.6. The summed E-state index contributed by atoms with van der Waals surface area (Å²) in [6.45, 7) is 2.31. The van der Waals surface area contributed by atoms with Crippen molar-refractivity contribution in [3.63, 3.8) is 0 Å². The fraction of sp³-hybridized carbons (Fsp3) is 0.200. The van der Waals surface area contributed by atoms with Crippen molar-refractivity contribution in [2.24, 2.45) is 0 Å². The van der Waals surface area contributed by atoms with Gasteiger partial charge in [-0.3, -0.25) is 9.78 Å². The van der Waals surface area contributed by atoms with Crippen molar-refractivity contribution >= 4 is 17.3 Å². The fourth-order valence-electron chi connectivity index (χ4n) is 1.89. The van der Waals surface area contributed by atoms with Crippen LogP contribution in [0.2, 0.25) is 0 Å². The summed E-state index contributed by atoms with van der Waals surface area (Å²) in [7, 11) is 1.70. The van der Waals surface area contributed by atoms with Crippen molar-refractivity contribution in [1.29, 1.82) is 0 Å². The van der Waals surface area contributed by atoms with Gasteiger partial charge in [0.1, 0.15) is 0 Å². The molecule has 104 valence electrons. The number of pyridine rings is 1. The van der Waals surface area contributed by atoms with Crippen LogP contribution in [0.15, 0.2) is 42.7 Å². The molecule has 0 fully saturated rings. The van der Waals surface area contributed by atoms with Crippen molar-refractivity contribution in [3.05, 3.63) is 48.3 Å². The summed E-state index contributed by atoms with van der Waals surface area (Å²) >= 11 is 0. The van der Waals surface area contributed by atoms with Crippen LogP contribution < -0.4 is 15.4 Å². The Bertz CT molecular complexity index is 599. The molecule has 5 heteroatoms. The van der Waals surface area contributed by atoms with Crippen LogP contribution in [0.1, 0.15) is 17.3 Å². The Labute approximate surface area is 118 Å². The molecule has 0 bridgehead atoms. The van der Waals surface area contributed by atoms with Gasteiger partial charge in [0, 0.05) is 25.1 Å². The standard InChI is InChI=1S/C15H17N3O2/c1-3-20-14-12(5-4-6-13(14)16)15(19)18(2)11-7-9-17-10-8-11/h4-10H,3,16H2,1-2H3. The van der Waals surface area contributed by atoms with Gasteiger partial charge in [0.15, 0.2) is 5.75 Å². The molecule has 1 aromatic carbocycles. The highest BCUT2D eigenvalue weighted by Gasteiger charge is 2.19. The van der Waals surface area contributed by atoms with Crippen LogP contribution in [0.4, 0.5) is 11.4 Å². The van der Waals surface area contributed by atoms with E-state index in [1.807, 2.05) is 6.92 Å². The zero-order chi connectivity index (χ0) is 14.5. The Balaban J connectivity index is 2.36. The van der Waals surface area contributed by atoms with E-state index >= 15 is 0 Å². The molecule has 0 atom stereocenters.